The Morgan fingerprint density at radius 1 is 0.800 bits per heavy atom. The van der Waals surface area contributed by atoms with Crippen LogP contribution in [0.1, 0.15) is 0 Å². The van der Waals surface area contributed by atoms with Gasteiger partial charge in [-0.3, -0.25) is 0 Å². The normalized spacial score (nSPS) is 10.5. The Kier molecular flexibility index (Phi) is 4.37. The Hall–Kier alpha value is -1.91. The molecule has 0 unspecified atom stereocenters. The van der Waals surface area contributed by atoms with Crippen LogP contribution in [0, 0.1) is 20.2 Å². The van der Waals surface area contributed by atoms with Crippen molar-refractivity contribution in [1.82, 2.24) is 0 Å². The van der Waals surface area contributed by atoms with E-state index in [1.807, 2.05) is 0 Å². The monoisotopic (exact) mass is 354 g/mol. The Morgan fingerprint density at radius 2 is 1.15 bits per heavy atom. The molecule has 0 saturated heterocycles. The van der Waals surface area contributed by atoms with Gasteiger partial charge in [0.2, 0.25) is 0 Å². The van der Waals surface area contributed by atoms with Gasteiger partial charge in [0, 0.05) is 0 Å². The van der Waals surface area contributed by atoms with Gasteiger partial charge in [-0.15, -0.1) is 0 Å². The van der Waals surface area contributed by atoms with Crippen molar-refractivity contribution in [1.29, 1.82) is 0 Å². The van der Waals surface area contributed by atoms with E-state index in [2.05, 4.69) is 0 Å². The summed E-state index contributed by atoms with van der Waals surface area (Å²) in [7, 11) is 6.37. The molecular formula is C12H8AsClN2O4. The maximum atomic E-state index is 11.0. The van der Waals surface area contributed by atoms with E-state index in [9.17, 15) is 20.2 Å². The number of hydrogen-bond acceptors (Lipinski definition) is 4. The molecule has 0 aliphatic rings. The van der Waals surface area contributed by atoms with Gasteiger partial charge in [-0.1, -0.05) is 0 Å². The average molecular weight is 355 g/mol. The molecule has 0 fully saturated rings. The molecule has 0 heterocycles. The number of para-hydroxylation sites is 2. The number of halogens is 1. The number of hydrogen-bond donors (Lipinski definition) is 0. The van der Waals surface area contributed by atoms with Crippen molar-refractivity contribution in [2.24, 2.45) is 0 Å². The van der Waals surface area contributed by atoms with Gasteiger partial charge in [-0.25, -0.2) is 0 Å². The van der Waals surface area contributed by atoms with Crippen molar-refractivity contribution in [2.75, 3.05) is 0 Å². The van der Waals surface area contributed by atoms with E-state index < -0.39 is 23.6 Å². The van der Waals surface area contributed by atoms with Crippen LogP contribution < -0.4 is 8.70 Å². The van der Waals surface area contributed by atoms with Crippen LogP contribution in [0.2, 0.25) is 0 Å². The van der Waals surface area contributed by atoms with Crippen LogP contribution in [0.4, 0.5) is 11.4 Å². The fraction of sp³-hybridized carbons (Fsp3) is 0. The fourth-order valence-electron chi connectivity index (χ4n) is 1.70. The summed E-state index contributed by atoms with van der Waals surface area (Å²) in [4.78, 5) is 21.0. The Morgan fingerprint density at radius 3 is 1.50 bits per heavy atom. The summed E-state index contributed by atoms with van der Waals surface area (Å²) in [6, 6.07) is 12.2. The van der Waals surface area contributed by atoms with Crippen molar-refractivity contribution < 1.29 is 9.85 Å². The Bertz CT molecular complexity index is 623. The van der Waals surface area contributed by atoms with Gasteiger partial charge in [0.1, 0.15) is 0 Å². The number of nitro benzene ring substituents is 2. The van der Waals surface area contributed by atoms with Gasteiger partial charge in [0.25, 0.3) is 0 Å². The number of nitrogens with zero attached hydrogens (tertiary/aromatic N) is 2. The molecule has 20 heavy (non-hydrogen) atoms. The van der Waals surface area contributed by atoms with Crippen molar-refractivity contribution in [3.63, 3.8) is 0 Å². The zero-order valence-corrected chi connectivity index (χ0v) is 12.6. The summed E-state index contributed by atoms with van der Waals surface area (Å²) in [6.45, 7) is 0. The average Bonchev–Trinajstić information content (AvgIpc) is 2.46. The standard InChI is InChI=1S/C12H8AsClN2O4/c14-13(9-5-1-3-7-11(9)15(17)18)10-6-2-4-8-12(10)16(19)20/h1-8H. The third kappa shape index (κ3) is 2.81. The van der Waals surface area contributed by atoms with Crippen LogP contribution in [0.3, 0.4) is 0 Å². The summed E-state index contributed by atoms with van der Waals surface area (Å²) < 4.78 is 0.752. The van der Waals surface area contributed by atoms with Gasteiger partial charge in [0.05, 0.1) is 0 Å². The second kappa shape index (κ2) is 6.03. The first-order valence-corrected chi connectivity index (χ1v) is 9.79. The van der Waals surface area contributed by atoms with Crippen LogP contribution in [0.15, 0.2) is 48.5 Å². The molecule has 0 amide bonds. The molecule has 2 aromatic rings. The number of nitro groups is 2. The molecule has 6 nitrogen and oxygen atoms in total. The van der Waals surface area contributed by atoms with Crippen molar-refractivity contribution in [3.8, 4) is 0 Å². The third-order valence-electron chi connectivity index (χ3n) is 2.58. The van der Waals surface area contributed by atoms with Gasteiger partial charge in [-0.05, 0) is 0 Å². The van der Waals surface area contributed by atoms with Crippen LogP contribution in [0.5, 0.6) is 0 Å². The van der Waals surface area contributed by atoms with Crippen LogP contribution in [0.25, 0.3) is 0 Å². The molecule has 2 aromatic carbocycles. The van der Waals surface area contributed by atoms with E-state index in [-0.39, 0.29) is 11.4 Å². The molecule has 0 saturated carbocycles. The van der Waals surface area contributed by atoms with Crippen LogP contribution in [-0.4, -0.2) is 23.6 Å². The third-order valence-corrected chi connectivity index (χ3v) is 7.83. The van der Waals surface area contributed by atoms with Gasteiger partial charge < -0.3 is 0 Å². The van der Waals surface area contributed by atoms with Crippen LogP contribution >= 0.6 is 9.95 Å². The van der Waals surface area contributed by atoms with E-state index in [1.54, 1.807) is 36.4 Å². The maximum absolute atomic E-state index is 11.0. The predicted octanol–water partition coefficient (Wildman–Crippen LogP) is 1.85. The van der Waals surface area contributed by atoms with E-state index in [4.69, 9.17) is 9.95 Å². The quantitative estimate of drug-likeness (QED) is 0.476. The van der Waals surface area contributed by atoms with Gasteiger partial charge >= 0.3 is 122 Å². The van der Waals surface area contributed by atoms with E-state index in [0.29, 0.717) is 8.70 Å². The molecule has 8 heteroatoms. The fourth-order valence-corrected chi connectivity index (χ4v) is 6.14. The van der Waals surface area contributed by atoms with Crippen molar-refractivity contribution in [3.05, 3.63) is 68.8 Å². The summed E-state index contributed by atoms with van der Waals surface area (Å²) >= 11 is -2.60. The molecule has 0 bridgehead atoms. The molecule has 2 rings (SSSR count). The molecular weight excluding hydrogens is 347 g/mol. The first-order valence-electron chi connectivity index (χ1n) is 5.45. The topological polar surface area (TPSA) is 86.3 Å². The molecule has 0 radical (unpaired) electrons. The summed E-state index contributed by atoms with van der Waals surface area (Å²) in [5.74, 6) is 0. The van der Waals surface area contributed by atoms with E-state index in [0.717, 1.165) is 0 Å². The minimum atomic E-state index is -2.60. The molecule has 102 valence electrons. The number of rotatable bonds is 4. The number of benzene rings is 2. The predicted molar refractivity (Wildman–Crippen MR) is 77.1 cm³/mol. The second-order valence-corrected chi connectivity index (χ2v) is 8.73. The zero-order valence-electron chi connectivity index (χ0n) is 9.97. The molecule has 0 N–H and O–H groups in total. The molecule has 0 spiro atoms. The Balaban J connectivity index is 2.55. The van der Waals surface area contributed by atoms with E-state index >= 15 is 0 Å². The van der Waals surface area contributed by atoms with E-state index in [1.165, 1.54) is 12.1 Å². The summed E-state index contributed by atoms with van der Waals surface area (Å²) in [6.07, 6.45) is 0. The Labute approximate surface area is 122 Å². The second-order valence-electron chi connectivity index (χ2n) is 3.77. The summed E-state index contributed by atoms with van der Waals surface area (Å²) in [5.41, 5.74) is -0.193. The molecule has 0 aliphatic carbocycles. The van der Waals surface area contributed by atoms with Crippen LogP contribution in [-0.2, 0) is 0 Å². The minimum absolute atomic E-state index is 0.0966. The summed E-state index contributed by atoms with van der Waals surface area (Å²) in [5, 5.41) is 22.0. The first kappa shape index (κ1) is 14.5. The first-order chi connectivity index (χ1) is 9.52. The molecule has 0 atom stereocenters. The molecule has 0 aliphatic heterocycles. The van der Waals surface area contributed by atoms with Crippen molar-refractivity contribution in [2.45, 2.75) is 0 Å². The SMILES string of the molecule is O=[N+]([O-])c1ccccc1[As](Cl)c1ccccc1[N+](=O)[O-]. The molecule has 0 aromatic heterocycles. The van der Waals surface area contributed by atoms with Gasteiger partial charge in [-0.2, -0.15) is 0 Å². The van der Waals surface area contributed by atoms with Crippen molar-refractivity contribution >= 4 is 43.7 Å². The van der Waals surface area contributed by atoms with Gasteiger partial charge in [0.15, 0.2) is 0 Å². The zero-order chi connectivity index (χ0) is 14.7.